The van der Waals surface area contributed by atoms with E-state index in [1.807, 2.05) is 19.9 Å². The van der Waals surface area contributed by atoms with E-state index < -0.39 is 0 Å². The summed E-state index contributed by atoms with van der Waals surface area (Å²) in [5, 5.41) is 2.98. The summed E-state index contributed by atoms with van der Waals surface area (Å²) in [6.07, 6.45) is 2.84. The number of amides is 3. The fraction of sp³-hybridized carbons (Fsp3) is 0.550. The number of aryl methyl sites for hydroxylation is 1. The molecule has 0 bridgehead atoms. The van der Waals surface area contributed by atoms with Gasteiger partial charge in [0.1, 0.15) is 0 Å². The second-order valence-electron chi connectivity index (χ2n) is 7.35. The lowest BCUT2D eigenvalue weighted by molar-refractivity contribution is -0.121. The van der Waals surface area contributed by atoms with Crippen molar-refractivity contribution < 1.29 is 14.4 Å². The van der Waals surface area contributed by atoms with Crippen LogP contribution in [0.15, 0.2) is 18.2 Å². The zero-order valence-corrected chi connectivity index (χ0v) is 15.6. The number of nitrogens with zero attached hydrogens (tertiary/aromatic N) is 1. The van der Waals surface area contributed by atoms with Crippen LogP contribution >= 0.6 is 0 Å². The van der Waals surface area contributed by atoms with Crippen LogP contribution in [-0.4, -0.2) is 35.2 Å². The highest BCUT2D eigenvalue weighted by molar-refractivity contribution is 6.21. The maximum Gasteiger partial charge on any atom is 0.261 e. The average Bonchev–Trinajstić information content (AvgIpc) is 2.77. The van der Waals surface area contributed by atoms with E-state index in [-0.39, 0.29) is 30.3 Å². The van der Waals surface area contributed by atoms with E-state index in [0.29, 0.717) is 29.9 Å². The van der Waals surface area contributed by atoms with Crippen LogP contribution in [0.5, 0.6) is 0 Å². The van der Waals surface area contributed by atoms with Crippen molar-refractivity contribution >= 4 is 17.7 Å². The van der Waals surface area contributed by atoms with Gasteiger partial charge in [-0.2, -0.15) is 0 Å². The summed E-state index contributed by atoms with van der Waals surface area (Å²) in [7, 11) is 0. The van der Waals surface area contributed by atoms with E-state index in [0.717, 1.165) is 18.4 Å². The van der Waals surface area contributed by atoms with E-state index >= 15 is 0 Å². The van der Waals surface area contributed by atoms with Crippen LogP contribution in [0.2, 0.25) is 0 Å². The molecule has 1 atom stereocenters. The Balaban J connectivity index is 1.80. The molecule has 5 nitrogen and oxygen atoms in total. The van der Waals surface area contributed by atoms with Crippen LogP contribution in [-0.2, 0) is 4.79 Å². The fourth-order valence-electron chi connectivity index (χ4n) is 3.01. The molecule has 0 spiro atoms. The number of hydrogen-bond acceptors (Lipinski definition) is 3. The van der Waals surface area contributed by atoms with Crippen molar-refractivity contribution in [3.8, 4) is 0 Å². The number of carbonyl (C=O) groups excluding carboxylic acids is 3. The largest absolute Gasteiger partial charge is 0.354 e. The number of nitrogens with one attached hydrogen (secondary N) is 1. The second-order valence-corrected chi connectivity index (χ2v) is 7.35. The van der Waals surface area contributed by atoms with Gasteiger partial charge >= 0.3 is 0 Å². The maximum atomic E-state index is 12.4. The molecule has 1 aliphatic rings. The Morgan fingerprint density at radius 2 is 1.76 bits per heavy atom. The molecule has 1 heterocycles. The lowest BCUT2D eigenvalue weighted by Gasteiger charge is -2.16. The SMILES string of the molecule is Cc1ccc2c(c1)C(=O)N(CCCC(=O)NC(C)CCC(C)C)C2=O. The molecule has 0 aliphatic carbocycles. The van der Waals surface area contributed by atoms with Crippen LogP contribution in [0, 0.1) is 12.8 Å². The van der Waals surface area contributed by atoms with Crippen LogP contribution in [0.4, 0.5) is 0 Å². The minimum atomic E-state index is -0.259. The molecule has 0 saturated heterocycles. The highest BCUT2D eigenvalue weighted by atomic mass is 16.2. The third-order valence-electron chi connectivity index (χ3n) is 4.50. The molecule has 1 aromatic carbocycles. The summed E-state index contributed by atoms with van der Waals surface area (Å²) in [5.41, 5.74) is 1.88. The first-order valence-corrected chi connectivity index (χ1v) is 9.05. The summed E-state index contributed by atoms with van der Waals surface area (Å²) in [5.74, 6) is 0.0839. The molecule has 1 aliphatic heterocycles. The molecule has 0 saturated carbocycles. The van der Waals surface area contributed by atoms with Gasteiger partial charge in [-0.3, -0.25) is 19.3 Å². The van der Waals surface area contributed by atoms with Crippen molar-refractivity contribution in [2.24, 2.45) is 5.92 Å². The molecular weight excluding hydrogens is 316 g/mol. The first kappa shape index (κ1) is 19.2. The van der Waals surface area contributed by atoms with Gasteiger partial charge in [0.15, 0.2) is 0 Å². The molecule has 5 heteroatoms. The Labute approximate surface area is 149 Å². The van der Waals surface area contributed by atoms with Gasteiger partial charge in [-0.1, -0.05) is 25.5 Å². The zero-order valence-electron chi connectivity index (χ0n) is 15.6. The Kier molecular flexibility index (Phi) is 6.34. The zero-order chi connectivity index (χ0) is 18.6. The highest BCUT2D eigenvalue weighted by Gasteiger charge is 2.34. The van der Waals surface area contributed by atoms with E-state index in [1.54, 1.807) is 12.1 Å². The van der Waals surface area contributed by atoms with Gasteiger partial charge in [0.25, 0.3) is 11.8 Å². The second kappa shape index (κ2) is 8.28. The molecule has 1 N–H and O–H groups in total. The summed E-state index contributed by atoms with van der Waals surface area (Å²) < 4.78 is 0. The molecule has 1 aromatic rings. The van der Waals surface area contributed by atoms with Crippen LogP contribution < -0.4 is 5.32 Å². The Hall–Kier alpha value is -2.17. The van der Waals surface area contributed by atoms with Gasteiger partial charge < -0.3 is 5.32 Å². The molecular formula is C20H28N2O3. The summed E-state index contributed by atoms with van der Waals surface area (Å²) in [6, 6.07) is 5.43. The fourth-order valence-corrected chi connectivity index (χ4v) is 3.01. The topological polar surface area (TPSA) is 66.5 Å². The molecule has 0 aromatic heterocycles. The van der Waals surface area contributed by atoms with Crippen molar-refractivity contribution in [1.29, 1.82) is 0 Å². The van der Waals surface area contributed by atoms with Gasteiger partial charge in [-0.05, 0) is 51.2 Å². The predicted octanol–water partition coefficient (Wildman–Crippen LogP) is 3.31. The smallest absolute Gasteiger partial charge is 0.261 e. The molecule has 25 heavy (non-hydrogen) atoms. The van der Waals surface area contributed by atoms with Gasteiger partial charge in [-0.25, -0.2) is 0 Å². The van der Waals surface area contributed by atoms with Crippen LogP contribution in [0.1, 0.15) is 72.7 Å². The summed E-state index contributed by atoms with van der Waals surface area (Å²) in [6.45, 7) is 8.51. The molecule has 136 valence electrons. The van der Waals surface area contributed by atoms with E-state index in [1.165, 1.54) is 4.90 Å². The van der Waals surface area contributed by atoms with Crippen LogP contribution in [0.3, 0.4) is 0 Å². The van der Waals surface area contributed by atoms with Crippen molar-refractivity contribution in [3.05, 3.63) is 34.9 Å². The molecule has 1 unspecified atom stereocenters. The summed E-state index contributed by atoms with van der Waals surface area (Å²) >= 11 is 0. The first-order valence-electron chi connectivity index (χ1n) is 9.05. The minimum absolute atomic E-state index is 0.0243. The van der Waals surface area contributed by atoms with E-state index in [4.69, 9.17) is 0 Å². The molecule has 0 radical (unpaired) electrons. The Morgan fingerprint density at radius 3 is 2.44 bits per heavy atom. The standard InChI is InChI=1S/C20H28N2O3/c1-13(2)7-9-15(4)21-18(23)6-5-11-22-19(24)16-10-8-14(3)12-17(16)20(22)25/h8,10,12-13,15H,5-7,9,11H2,1-4H3,(H,21,23). The number of fused-ring (bicyclic) bond motifs is 1. The van der Waals surface area contributed by atoms with Crippen molar-refractivity contribution in [1.82, 2.24) is 10.2 Å². The third kappa shape index (κ3) is 4.91. The quantitative estimate of drug-likeness (QED) is 0.736. The highest BCUT2D eigenvalue weighted by Crippen LogP contribution is 2.24. The van der Waals surface area contributed by atoms with Crippen molar-refractivity contribution in [2.75, 3.05) is 6.54 Å². The van der Waals surface area contributed by atoms with Crippen molar-refractivity contribution in [3.63, 3.8) is 0 Å². The normalized spacial score (nSPS) is 14.8. The van der Waals surface area contributed by atoms with E-state index in [9.17, 15) is 14.4 Å². The van der Waals surface area contributed by atoms with Gasteiger partial charge in [0, 0.05) is 19.0 Å². The Bertz CT molecular complexity index is 667. The van der Waals surface area contributed by atoms with Crippen LogP contribution in [0.25, 0.3) is 0 Å². The number of rotatable bonds is 8. The Morgan fingerprint density at radius 1 is 1.08 bits per heavy atom. The number of benzene rings is 1. The van der Waals surface area contributed by atoms with Gasteiger partial charge in [0.05, 0.1) is 11.1 Å². The van der Waals surface area contributed by atoms with Crippen molar-refractivity contribution in [2.45, 2.75) is 59.4 Å². The number of hydrogen-bond donors (Lipinski definition) is 1. The monoisotopic (exact) mass is 344 g/mol. The molecule has 0 fully saturated rings. The third-order valence-corrected chi connectivity index (χ3v) is 4.50. The predicted molar refractivity (Wildman–Crippen MR) is 97.5 cm³/mol. The van der Waals surface area contributed by atoms with Gasteiger partial charge in [-0.15, -0.1) is 0 Å². The average molecular weight is 344 g/mol. The molecule has 2 rings (SSSR count). The summed E-state index contributed by atoms with van der Waals surface area (Å²) in [4.78, 5) is 37.9. The maximum absolute atomic E-state index is 12.4. The van der Waals surface area contributed by atoms with Gasteiger partial charge in [0.2, 0.25) is 5.91 Å². The number of imide groups is 1. The van der Waals surface area contributed by atoms with E-state index in [2.05, 4.69) is 19.2 Å². The lowest BCUT2D eigenvalue weighted by Crippen LogP contribution is -2.34. The lowest BCUT2D eigenvalue weighted by atomic mass is 10.0. The number of carbonyl (C=O) groups is 3. The minimum Gasteiger partial charge on any atom is -0.354 e. The first-order chi connectivity index (χ1) is 11.8. The molecule has 3 amide bonds.